The van der Waals surface area contributed by atoms with Crippen LogP contribution in [0, 0.1) is 11.8 Å². The van der Waals surface area contributed by atoms with Crippen molar-refractivity contribution >= 4 is 41.6 Å². The van der Waals surface area contributed by atoms with E-state index in [1.807, 2.05) is 34.9 Å². The Morgan fingerprint density at radius 1 is 0.930 bits per heavy atom. The van der Waals surface area contributed by atoms with Crippen LogP contribution in [0.2, 0.25) is 5.04 Å². The van der Waals surface area contributed by atoms with Crippen LogP contribution in [0.4, 0.5) is 5.82 Å². The normalized spacial score (nSPS) is 18.7. The molecule has 2 aromatic heterocycles. The highest BCUT2D eigenvalue weighted by molar-refractivity contribution is 6.99. The third-order valence-electron chi connectivity index (χ3n) is 8.77. The zero-order valence-corrected chi connectivity index (χ0v) is 25.7. The molecule has 0 spiro atoms. The van der Waals surface area contributed by atoms with E-state index in [0.29, 0.717) is 29.2 Å². The topological polar surface area (TPSA) is 102 Å². The summed E-state index contributed by atoms with van der Waals surface area (Å²) in [6, 6.07) is 30.3. The van der Waals surface area contributed by atoms with Crippen LogP contribution in [0.3, 0.4) is 0 Å². The van der Waals surface area contributed by atoms with Crippen molar-refractivity contribution in [2.45, 2.75) is 38.3 Å². The molecule has 220 valence electrons. The molecule has 0 aliphatic heterocycles. The Kier molecular flexibility index (Phi) is 7.96. The van der Waals surface area contributed by atoms with Gasteiger partial charge < -0.3 is 19.4 Å². The summed E-state index contributed by atoms with van der Waals surface area (Å²) in [6.07, 6.45) is 4.01. The molecule has 0 radical (unpaired) electrons. The first-order chi connectivity index (χ1) is 20.8. The van der Waals surface area contributed by atoms with Gasteiger partial charge in [0.05, 0.1) is 6.33 Å². The number of aromatic nitrogens is 4. The van der Waals surface area contributed by atoms with Gasteiger partial charge in [0.1, 0.15) is 6.33 Å². The fourth-order valence-corrected chi connectivity index (χ4v) is 11.1. The summed E-state index contributed by atoms with van der Waals surface area (Å²) in [4.78, 5) is 26.2. The average Bonchev–Trinajstić information content (AvgIpc) is 3.44. The number of nitrogens with zero attached hydrogens (tertiary/aromatic N) is 4. The highest BCUT2D eigenvalue weighted by atomic mass is 28.4. The largest absolute Gasteiger partial charge is 0.407 e. The summed E-state index contributed by atoms with van der Waals surface area (Å²) in [5.74, 6) is 0.262. The van der Waals surface area contributed by atoms with Crippen LogP contribution in [0.1, 0.15) is 43.6 Å². The average molecular weight is 592 g/mol. The van der Waals surface area contributed by atoms with Crippen LogP contribution in [0.15, 0.2) is 104 Å². The summed E-state index contributed by atoms with van der Waals surface area (Å²) in [7, 11) is -2.68. The number of rotatable bonds is 9. The van der Waals surface area contributed by atoms with E-state index in [2.05, 4.69) is 89.6 Å². The molecule has 3 atom stereocenters. The predicted molar refractivity (Wildman–Crippen MR) is 171 cm³/mol. The van der Waals surface area contributed by atoms with Gasteiger partial charge in [0.2, 0.25) is 0 Å². The quantitative estimate of drug-likeness (QED) is 0.238. The first-order valence-electron chi connectivity index (χ1n) is 14.7. The molecular weight excluding hydrogens is 554 g/mol. The Hall–Kier alpha value is -4.18. The molecule has 1 amide bonds. The number of amides is 1. The maximum Gasteiger partial charge on any atom is 0.261 e. The lowest BCUT2D eigenvalue weighted by Gasteiger charge is -2.48. The summed E-state index contributed by atoms with van der Waals surface area (Å²) >= 11 is 0. The van der Waals surface area contributed by atoms with Crippen molar-refractivity contribution in [3.05, 3.63) is 109 Å². The molecule has 0 bridgehead atoms. The van der Waals surface area contributed by atoms with Crippen molar-refractivity contribution in [2.75, 3.05) is 18.5 Å². The first kappa shape index (κ1) is 28.9. The molecule has 5 aromatic rings. The lowest BCUT2D eigenvalue weighted by Crippen LogP contribution is -2.67. The van der Waals surface area contributed by atoms with Crippen molar-refractivity contribution < 1.29 is 14.3 Å². The molecule has 6 rings (SSSR count). The van der Waals surface area contributed by atoms with Gasteiger partial charge in [0, 0.05) is 30.7 Å². The summed E-state index contributed by atoms with van der Waals surface area (Å²) in [5.41, 5.74) is 1.69. The maximum atomic E-state index is 12.8. The number of aliphatic hydroxyl groups is 1. The summed E-state index contributed by atoms with van der Waals surface area (Å²) in [5, 5.41) is 15.8. The van der Waals surface area contributed by atoms with Crippen molar-refractivity contribution in [3.8, 4) is 0 Å². The van der Waals surface area contributed by atoms with Crippen molar-refractivity contribution in [1.29, 1.82) is 0 Å². The molecule has 1 fully saturated rings. The SMILES string of the molecule is CC(C)(C)[Si](OC[C@H]1C[C@@H](n2cnc3c(NC(=O)c4ccccc4)ncnc32)[C@@H]1CO)(c1ccccc1)c1ccccc1. The number of hydrogen-bond donors (Lipinski definition) is 2. The summed E-state index contributed by atoms with van der Waals surface area (Å²) < 4.78 is 9.20. The minimum absolute atomic E-state index is 0.00956. The lowest BCUT2D eigenvalue weighted by atomic mass is 9.70. The van der Waals surface area contributed by atoms with Crippen LogP contribution < -0.4 is 15.7 Å². The van der Waals surface area contributed by atoms with Gasteiger partial charge in [0.15, 0.2) is 17.0 Å². The molecule has 3 aromatic carbocycles. The first-order valence-corrected chi connectivity index (χ1v) is 16.6. The summed E-state index contributed by atoms with van der Waals surface area (Å²) in [6.45, 7) is 7.41. The minimum Gasteiger partial charge on any atom is -0.407 e. The maximum absolute atomic E-state index is 12.8. The molecular formula is C34H37N5O3Si. The zero-order chi connectivity index (χ0) is 30.0. The van der Waals surface area contributed by atoms with Gasteiger partial charge in [-0.25, -0.2) is 15.0 Å². The second kappa shape index (κ2) is 11.8. The number of imidazole rings is 1. The molecule has 8 nitrogen and oxygen atoms in total. The second-order valence-corrected chi connectivity index (χ2v) is 16.6. The molecule has 9 heteroatoms. The number of carbonyl (C=O) groups excluding carboxylic acids is 1. The van der Waals surface area contributed by atoms with Gasteiger partial charge in [-0.05, 0) is 39.9 Å². The van der Waals surface area contributed by atoms with E-state index in [-0.39, 0.29) is 35.4 Å². The van der Waals surface area contributed by atoms with Gasteiger partial charge in [-0.15, -0.1) is 0 Å². The van der Waals surface area contributed by atoms with Crippen LogP contribution in [-0.2, 0) is 4.43 Å². The third-order valence-corrected chi connectivity index (χ3v) is 13.8. The number of hydrogen-bond acceptors (Lipinski definition) is 6. The molecule has 43 heavy (non-hydrogen) atoms. The van der Waals surface area contributed by atoms with E-state index in [9.17, 15) is 9.90 Å². The van der Waals surface area contributed by atoms with Crippen molar-refractivity contribution in [2.24, 2.45) is 11.8 Å². The van der Waals surface area contributed by atoms with Gasteiger partial charge in [-0.3, -0.25) is 4.79 Å². The molecule has 2 N–H and O–H groups in total. The highest BCUT2D eigenvalue weighted by Crippen LogP contribution is 2.46. The highest BCUT2D eigenvalue weighted by Gasteiger charge is 2.52. The Labute approximate surface area is 252 Å². The van der Waals surface area contributed by atoms with E-state index in [1.165, 1.54) is 16.7 Å². The van der Waals surface area contributed by atoms with Crippen molar-refractivity contribution in [1.82, 2.24) is 19.5 Å². The predicted octanol–water partition coefficient (Wildman–Crippen LogP) is 4.82. The van der Waals surface area contributed by atoms with Crippen LogP contribution in [0.25, 0.3) is 11.2 Å². The Balaban J connectivity index is 1.24. The van der Waals surface area contributed by atoms with E-state index in [0.717, 1.165) is 6.42 Å². The number of anilines is 1. The number of aliphatic hydroxyl groups excluding tert-OH is 1. The lowest BCUT2D eigenvalue weighted by molar-refractivity contribution is -0.00130. The Morgan fingerprint density at radius 3 is 2.12 bits per heavy atom. The number of benzene rings is 3. The van der Waals surface area contributed by atoms with Gasteiger partial charge in [-0.2, -0.15) is 0 Å². The van der Waals surface area contributed by atoms with Gasteiger partial charge in [0.25, 0.3) is 14.2 Å². The van der Waals surface area contributed by atoms with E-state index in [1.54, 1.807) is 18.5 Å². The molecule has 1 aliphatic carbocycles. The van der Waals surface area contributed by atoms with Crippen LogP contribution in [0.5, 0.6) is 0 Å². The standard InChI is InChI=1S/C34H37N5O3Si/c1-34(2,3)43(26-15-9-5-10-16-26,27-17-11-6-12-18-27)42-21-25-19-29(28(25)20-40)39-23-37-30-31(35-22-36-32(30)39)38-33(41)24-13-7-4-8-14-24/h4-18,22-23,25,28-29,40H,19-21H2,1-3H3,(H,35,36,38,41)/t25-,28-,29-/m1/s1. The van der Waals surface area contributed by atoms with E-state index >= 15 is 0 Å². The fraction of sp³-hybridized carbons (Fsp3) is 0.294. The number of nitrogens with one attached hydrogen (secondary N) is 1. The molecule has 2 heterocycles. The minimum atomic E-state index is -2.68. The fourth-order valence-electron chi connectivity index (χ4n) is 6.51. The Bertz CT molecular complexity index is 1650. The van der Waals surface area contributed by atoms with E-state index in [4.69, 9.17) is 4.43 Å². The zero-order valence-electron chi connectivity index (χ0n) is 24.7. The monoisotopic (exact) mass is 591 g/mol. The van der Waals surface area contributed by atoms with Gasteiger partial charge in [-0.1, -0.05) is 99.6 Å². The number of carbonyl (C=O) groups is 1. The van der Waals surface area contributed by atoms with Crippen LogP contribution >= 0.6 is 0 Å². The third kappa shape index (κ3) is 5.28. The molecule has 1 saturated carbocycles. The van der Waals surface area contributed by atoms with Crippen LogP contribution in [-0.4, -0.2) is 52.1 Å². The Morgan fingerprint density at radius 2 is 1.53 bits per heavy atom. The van der Waals surface area contributed by atoms with Gasteiger partial charge >= 0.3 is 0 Å². The smallest absolute Gasteiger partial charge is 0.261 e. The van der Waals surface area contributed by atoms with Crippen molar-refractivity contribution in [3.63, 3.8) is 0 Å². The van der Waals surface area contributed by atoms with E-state index < -0.39 is 8.32 Å². The molecule has 0 saturated heterocycles. The number of fused-ring (bicyclic) bond motifs is 1. The second-order valence-electron chi connectivity index (χ2n) is 12.3. The molecule has 1 aliphatic rings. The molecule has 0 unspecified atom stereocenters.